The number of benzene rings is 2. The summed E-state index contributed by atoms with van der Waals surface area (Å²) in [5.74, 6) is -2.19. The van der Waals surface area contributed by atoms with E-state index in [0.717, 1.165) is 32.1 Å². The summed E-state index contributed by atoms with van der Waals surface area (Å²) in [5.41, 5.74) is 3.65. The van der Waals surface area contributed by atoms with E-state index in [2.05, 4.69) is 16.0 Å². The van der Waals surface area contributed by atoms with Crippen LogP contribution in [0.15, 0.2) is 48.5 Å². The number of ether oxygens (including phenoxy) is 11. The summed E-state index contributed by atoms with van der Waals surface area (Å²) in [6, 6.07) is 13.4. The topological polar surface area (TPSA) is 843 Å². The van der Waals surface area contributed by atoms with Gasteiger partial charge in [0.2, 0.25) is 11.8 Å². The first-order valence-electron chi connectivity index (χ1n) is 42.0. The van der Waals surface area contributed by atoms with Crippen LogP contribution in [0.3, 0.4) is 0 Å². The van der Waals surface area contributed by atoms with Gasteiger partial charge in [-0.2, -0.15) is 0 Å². The largest absolute Gasteiger partial charge is 0.449 e. The number of aliphatic hydroxyl groups excluding tert-OH is 32. The number of carbonyl (C=O) groups is 3. The van der Waals surface area contributed by atoms with Gasteiger partial charge in [0.05, 0.1) is 214 Å². The first-order chi connectivity index (χ1) is 61.6. The highest BCUT2D eigenvalue weighted by Crippen LogP contribution is 2.44. The number of fused-ring (bicyclic) bond motifs is 3. The fraction of sp³-hybridized carbons (Fsp3) is 0.810. The third kappa shape index (κ3) is 47.6. The summed E-state index contributed by atoms with van der Waals surface area (Å²) in [7, 11) is 0. The molecule has 12 unspecified atom stereocenters. The van der Waals surface area contributed by atoms with Crippen molar-refractivity contribution in [2.24, 2.45) is 0 Å². The van der Waals surface area contributed by atoms with Gasteiger partial charge in [-0.25, -0.2) is 4.79 Å². The second-order valence-corrected chi connectivity index (χ2v) is 31.6. The zero-order valence-corrected chi connectivity index (χ0v) is 71.9. The number of carbonyl (C=O) groups excluding carboxylic acids is 3. The van der Waals surface area contributed by atoms with E-state index in [9.17, 15) is 157 Å². The Morgan fingerprint density at radius 2 is 0.508 bits per heavy atom. The van der Waals surface area contributed by atoms with Crippen LogP contribution in [0.4, 0.5) is 4.79 Å². The normalized spacial score (nSPS) is 19.4. The third-order valence-corrected chi connectivity index (χ3v) is 19.6. The molecule has 2 aromatic carbocycles. The van der Waals surface area contributed by atoms with E-state index in [1.54, 1.807) is 0 Å². The summed E-state index contributed by atoms with van der Waals surface area (Å²) < 4.78 is 58.8. The molecule has 1 aliphatic carbocycles. The van der Waals surface area contributed by atoms with Crippen LogP contribution in [0.25, 0.3) is 11.1 Å². The van der Waals surface area contributed by atoms with Crippen molar-refractivity contribution < 1.29 is 230 Å². The molecule has 0 radical (unpaired) electrons. The maximum atomic E-state index is 13.7. The van der Waals surface area contributed by atoms with Gasteiger partial charge in [0.15, 0.2) is 0 Å². The Labute approximate surface area is 748 Å². The smallest absolute Gasteiger partial charge is 0.407 e. The van der Waals surface area contributed by atoms with E-state index < -0.39 is 346 Å². The van der Waals surface area contributed by atoms with Crippen molar-refractivity contribution in [3.05, 3.63) is 59.7 Å². The minimum atomic E-state index is -2.07. The van der Waals surface area contributed by atoms with Crippen LogP contribution in [-0.2, 0) is 61.7 Å². The minimum Gasteiger partial charge on any atom is -0.449 e. The predicted molar refractivity (Wildman–Crippen MR) is 440 cm³/mol. The van der Waals surface area contributed by atoms with Gasteiger partial charge in [-0.05, 0) is 22.3 Å². The quantitative estimate of drug-likeness (QED) is 0.0292. The van der Waals surface area contributed by atoms with E-state index in [-0.39, 0.29) is 78.6 Å². The number of alkyl carbamates (subject to hydrolysis) is 1. The molecular formula is C79H141N5O46. The number of nitrogens with one attached hydrogen (secondary N) is 3. The summed E-state index contributed by atoms with van der Waals surface area (Å²) in [5, 5.41) is 331. The van der Waals surface area contributed by atoms with E-state index >= 15 is 0 Å². The molecule has 1 aliphatic rings. The molecule has 0 bridgehead atoms. The number of nitrogens with zero attached hydrogens (tertiary/aromatic N) is 2. The van der Waals surface area contributed by atoms with Gasteiger partial charge in [0.1, 0.15) is 135 Å². The number of amides is 3. The van der Waals surface area contributed by atoms with Gasteiger partial charge in [0.25, 0.3) is 0 Å². The summed E-state index contributed by atoms with van der Waals surface area (Å²) in [6.07, 6.45) is -49.2. The van der Waals surface area contributed by atoms with Crippen LogP contribution in [0.1, 0.15) is 23.5 Å². The summed E-state index contributed by atoms with van der Waals surface area (Å²) >= 11 is 0. The average molecular weight is 1900 g/mol. The monoisotopic (exact) mass is 1900 g/mol. The Morgan fingerprint density at radius 3 is 0.762 bits per heavy atom. The van der Waals surface area contributed by atoms with Crippen molar-refractivity contribution in [1.29, 1.82) is 0 Å². The molecule has 51 heteroatoms. The highest BCUT2D eigenvalue weighted by molar-refractivity contribution is 5.91. The minimum absolute atomic E-state index is 0.167. The van der Waals surface area contributed by atoms with E-state index in [1.165, 1.54) is 0 Å². The first-order valence-corrected chi connectivity index (χ1v) is 42.0. The van der Waals surface area contributed by atoms with Crippen molar-refractivity contribution in [1.82, 2.24) is 25.8 Å². The van der Waals surface area contributed by atoms with Crippen molar-refractivity contribution in [2.75, 3.05) is 218 Å². The molecule has 29 atom stereocenters. The predicted octanol–water partition coefficient (Wildman–Crippen LogP) is -18.6. The van der Waals surface area contributed by atoms with Crippen LogP contribution in [0.2, 0.25) is 0 Å². The zero-order chi connectivity index (χ0) is 97.1. The summed E-state index contributed by atoms with van der Waals surface area (Å²) in [6.45, 7) is -16.6. The SMILES string of the molecule is O=C(C[C@@H](NC(=O)OCC1c2ccccc2-c2ccccc21)C(=O)NCC(O)COCC(O)COCC(O)COCC(O)COCC(O)COCC(O)CN(C[C@H](O)[C@@H](O)[C@H](O)[C@H](O)CO)C[C@H](O)[C@@H](O)[C@H](O)[C@H](O)CO)NCC(O)COCC(O)COCC(O)COCC(O)COCC(O)COCC(O)CN(C[C@H](O)[C@@H](O)[C@H](O)[C@H](O)CO)C[C@H](O)[C@@H](O)[C@H](O)[C@H](O)CO. The molecule has 130 heavy (non-hydrogen) atoms. The maximum absolute atomic E-state index is 13.7. The van der Waals surface area contributed by atoms with Crippen LogP contribution in [0.5, 0.6) is 0 Å². The molecule has 0 fully saturated rings. The molecule has 0 aliphatic heterocycles. The number of hydrogen-bond acceptors (Lipinski definition) is 48. The van der Waals surface area contributed by atoms with E-state index in [4.69, 9.17) is 72.5 Å². The second kappa shape index (κ2) is 66.4. The Bertz CT molecular complexity index is 3160. The second-order valence-electron chi connectivity index (χ2n) is 31.6. The molecule has 3 rings (SSSR count). The lowest BCUT2D eigenvalue weighted by Gasteiger charge is -2.34. The van der Waals surface area contributed by atoms with Crippen LogP contribution < -0.4 is 16.0 Å². The lowest BCUT2D eigenvalue weighted by atomic mass is 9.98. The fourth-order valence-corrected chi connectivity index (χ4v) is 12.6. The fourth-order valence-electron chi connectivity index (χ4n) is 12.6. The molecule has 0 saturated heterocycles. The van der Waals surface area contributed by atoms with Gasteiger partial charge in [0, 0.05) is 58.3 Å². The Morgan fingerprint density at radius 1 is 0.285 bits per heavy atom. The Kier molecular flexibility index (Phi) is 60.8. The molecule has 0 saturated carbocycles. The highest BCUT2D eigenvalue weighted by atomic mass is 16.6. The first kappa shape index (κ1) is 119. The standard InChI is InChI=1S/C79H141N5O46/c85-18-65(105)74(114)70(110)61(101)14-83(15-62(102)71(111)75(115)66(106)19-86)12-45(91)24-122-28-49(95)32-126-36-53(99)40-128-38-51(97)34-124-30-47(93)26-120-22-43(89)10-80-69(109)9-60(82-79(119)130-42-59-57-7-3-1-5-55(57)56-6-2-4-8-58(56)59)78(118)81-11-44(90)23-121-27-48(94)31-125-35-52(98)39-129-41-54(100)37-127-33-50(96)29-123-25-46(92)13-84(16-63(103)72(112)76(116)67(107)20-87)17-64(104)73(113)77(117)68(108)21-88/h1-8,43-54,59-68,70-77,85-108,110-117H,9-42H2,(H,80,109)(H,81,118)(H,82,119)/t43?,44?,45?,46?,47?,48?,49?,50?,51?,52?,53?,54?,60-,61+,62+,63+,64+,65-,66-,67-,68-,70-,71-,72-,73-,74-,75-,76-,77-/m1/s1. The Hall–Kier alpha value is -5.11. The number of aliphatic hydroxyl groups is 32. The van der Waals surface area contributed by atoms with Gasteiger partial charge < -0.3 is 231 Å². The molecule has 35 N–H and O–H groups in total. The molecule has 3 amide bonds. The van der Waals surface area contributed by atoms with Crippen LogP contribution >= 0.6 is 0 Å². The van der Waals surface area contributed by atoms with E-state index in [1.807, 2.05) is 48.5 Å². The summed E-state index contributed by atoms with van der Waals surface area (Å²) in [4.78, 5) is 42.5. The van der Waals surface area contributed by atoms with Crippen molar-refractivity contribution in [2.45, 2.75) is 189 Å². The number of rotatable bonds is 78. The maximum Gasteiger partial charge on any atom is 0.407 e. The average Bonchev–Trinajstić information content (AvgIpc) is 1.61. The van der Waals surface area contributed by atoms with Crippen molar-refractivity contribution in [3.8, 4) is 11.1 Å². The van der Waals surface area contributed by atoms with Gasteiger partial charge >= 0.3 is 6.09 Å². The molecule has 2 aromatic rings. The van der Waals surface area contributed by atoms with Crippen molar-refractivity contribution in [3.63, 3.8) is 0 Å². The van der Waals surface area contributed by atoms with Crippen LogP contribution in [0, 0.1) is 0 Å². The molecule has 51 nitrogen and oxygen atoms in total. The zero-order valence-electron chi connectivity index (χ0n) is 71.9. The van der Waals surface area contributed by atoms with Gasteiger partial charge in [-0.15, -0.1) is 0 Å². The van der Waals surface area contributed by atoms with Gasteiger partial charge in [-0.3, -0.25) is 19.4 Å². The van der Waals surface area contributed by atoms with E-state index in [0.29, 0.717) is 0 Å². The lowest BCUT2D eigenvalue weighted by molar-refractivity contribution is -0.133. The molecule has 0 heterocycles. The third-order valence-electron chi connectivity index (χ3n) is 19.6. The van der Waals surface area contributed by atoms with Gasteiger partial charge in [-0.1, -0.05) is 48.5 Å². The molecule has 0 spiro atoms. The Balaban J connectivity index is 1.36. The molecule has 0 aromatic heterocycles. The van der Waals surface area contributed by atoms with Crippen molar-refractivity contribution >= 4 is 17.9 Å². The molecular weight excluding hydrogens is 1750 g/mol. The number of hydrogen-bond donors (Lipinski definition) is 35. The van der Waals surface area contributed by atoms with Crippen LogP contribution in [-0.4, -0.2) is 586 Å². The molecule has 758 valence electrons. The lowest BCUT2D eigenvalue weighted by Crippen LogP contribution is -2.54. The highest BCUT2D eigenvalue weighted by Gasteiger charge is 2.39.